The molecule has 0 aliphatic carbocycles. The van der Waals surface area contributed by atoms with Crippen molar-refractivity contribution < 1.29 is 9.53 Å². The second-order valence-electron chi connectivity index (χ2n) is 7.02. The molecule has 132 valence electrons. The summed E-state index contributed by atoms with van der Waals surface area (Å²) in [6, 6.07) is 9.96. The van der Waals surface area contributed by atoms with Gasteiger partial charge in [0.05, 0.1) is 23.2 Å². The number of hydrogen-bond acceptors (Lipinski definition) is 4. The molecule has 1 aromatic heterocycles. The topological polar surface area (TPSA) is 45.7 Å². The maximum absolute atomic E-state index is 13.4. The van der Waals surface area contributed by atoms with Gasteiger partial charge in [0, 0.05) is 44.2 Å². The lowest BCUT2D eigenvalue weighted by Crippen LogP contribution is -2.53. The van der Waals surface area contributed by atoms with Gasteiger partial charge >= 0.3 is 0 Å². The first-order valence-electron chi connectivity index (χ1n) is 9.12. The van der Waals surface area contributed by atoms with Gasteiger partial charge in [-0.3, -0.25) is 9.78 Å². The Morgan fingerprint density at radius 2 is 2.12 bits per heavy atom. The van der Waals surface area contributed by atoms with E-state index in [1.807, 2.05) is 30.3 Å². The van der Waals surface area contributed by atoms with E-state index in [1.165, 1.54) is 0 Å². The van der Waals surface area contributed by atoms with Crippen molar-refractivity contribution >= 4 is 16.8 Å². The van der Waals surface area contributed by atoms with Gasteiger partial charge in [0.25, 0.3) is 5.91 Å². The van der Waals surface area contributed by atoms with Gasteiger partial charge in [-0.25, -0.2) is 0 Å². The summed E-state index contributed by atoms with van der Waals surface area (Å²) >= 11 is 0. The van der Waals surface area contributed by atoms with Gasteiger partial charge < -0.3 is 14.5 Å². The number of likely N-dealkylation sites (tertiary alicyclic amines) is 2. The average Bonchev–Trinajstić information content (AvgIpc) is 3.10. The summed E-state index contributed by atoms with van der Waals surface area (Å²) < 4.78 is 5.73. The number of hydrogen-bond donors (Lipinski definition) is 0. The first kappa shape index (κ1) is 16.5. The Labute approximate surface area is 148 Å². The number of para-hydroxylation sites is 1. The summed E-state index contributed by atoms with van der Waals surface area (Å²) in [7, 11) is 1.80. The molecule has 2 aromatic rings. The predicted molar refractivity (Wildman–Crippen MR) is 97.6 cm³/mol. The van der Waals surface area contributed by atoms with E-state index < -0.39 is 0 Å². The minimum atomic E-state index is 0.126. The van der Waals surface area contributed by atoms with Crippen molar-refractivity contribution in [2.75, 3.05) is 33.3 Å². The van der Waals surface area contributed by atoms with E-state index in [-0.39, 0.29) is 18.1 Å². The van der Waals surface area contributed by atoms with Crippen molar-refractivity contribution in [1.29, 1.82) is 0 Å². The Hall–Kier alpha value is -1.98. The summed E-state index contributed by atoms with van der Waals surface area (Å²) in [5, 5.41) is 0.936. The van der Waals surface area contributed by atoms with E-state index in [9.17, 15) is 4.79 Å². The van der Waals surface area contributed by atoms with Crippen LogP contribution in [-0.2, 0) is 4.74 Å². The minimum Gasteiger partial charge on any atom is -0.381 e. The van der Waals surface area contributed by atoms with Gasteiger partial charge in [-0.05, 0) is 25.1 Å². The van der Waals surface area contributed by atoms with Crippen molar-refractivity contribution in [3.63, 3.8) is 0 Å². The number of pyridine rings is 1. The van der Waals surface area contributed by atoms with Crippen LogP contribution < -0.4 is 0 Å². The molecule has 3 heterocycles. The number of amides is 1. The summed E-state index contributed by atoms with van der Waals surface area (Å²) in [5.41, 5.74) is 1.63. The van der Waals surface area contributed by atoms with E-state index in [4.69, 9.17) is 4.74 Å². The second-order valence-corrected chi connectivity index (χ2v) is 7.02. The van der Waals surface area contributed by atoms with E-state index in [2.05, 4.69) is 21.7 Å². The summed E-state index contributed by atoms with van der Waals surface area (Å²) in [6.07, 6.45) is 2.89. The predicted octanol–water partition coefficient (Wildman–Crippen LogP) is 2.42. The number of rotatable bonds is 3. The molecule has 1 aromatic carbocycles. The fourth-order valence-electron chi connectivity index (χ4n) is 4.48. The lowest BCUT2D eigenvalue weighted by molar-refractivity contribution is -0.0155. The largest absolute Gasteiger partial charge is 0.381 e. The SMILES string of the molecule is CCN1C[C@H]2[C@@H](C1)N(C(=O)c1ccnc3ccccc13)CC[C@H]2OC. The third-order valence-corrected chi connectivity index (χ3v) is 5.83. The van der Waals surface area contributed by atoms with Crippen LogP contribution in [0.1, 0.15) is 23.7 Å². The summed E-state index contributed by atoms with van der Waals surface area (Å²) in [4.78, 5) is 22.3. The third kappa shape index (κ3) is 2.81. The molecule has 4 rings (SSSR count). The molecule has 2 aliphatic heterocycles. The summed E-state index contributed by atoms with van der Waals surface area (Å²) in [6.45, 7) is 5.91. The highest BCUT2D eigenvalue weighted by Crippen LogP contribution is 2.34. The van der Waals surface area contributed by atoms with Crippen LogP contribution in [0.2, 0.25) is 0 Å². The van der Waals surface area contributed by atoms with Crippen LogP contribution in [0.25, 0.3) is 10.9 Å². The van der Waals surface area contributed by atoms with Crippen molar-refractivity contribution in [2.45, 2.75) is 25.5 Å². The number of piperidine rings is 1. The zero-order valence-electron chi connectivity index (χ0n) is 14.9. The number of carbonyl (C=O) groups excluding carboxylic acids is 1. The maximum atomic E-state index is 13.4. The van der Waals surface area contributed by atoms with Crippen LogP contribution in [-0.4, -0.2) is 66.1 Å². The van der Waals surface area contributed by atoms with Crippen LogP contribution in [0.5, 0.6) is 0 Å². The number of aromatic nitrogens is 1. The molecule has 0 radical (unpaired) electrons. The monoisotopic (exact) mass is 339 g/mol. The molecular formula is C20H25N3O2. The molecule has 2 fully saturated rings. The Morgan fingerprint density at radius 1 is 1.28 bits per heavy atom. The molecule has 0 saturated carbocycles. The van der Waals surface area contributed by atoms with Gasteiger partial charge in [0.1, 0.15) is 0 Å². The Kier molecular flexibility index (Phi) is 4.44. The number of likely N-dealkylation sites (N-methyl/N-ethyl adjacent to an activating group) is 1. The Balaban J connectivity index is 1.67. The number of methoxy groups -OCH3 is 1. The molecule has 0 spiro atoms. The highest BCUT2D eigenvalue weighted by Gasteiger charge is 2.45. The van der Waals surface area contributed by atoms with Gasteiger partial charge in [-0.1, -0.05) is 25.1 Å². The minimum absolute atomic E-state index is 0.126. The van der Waals surface area contributed by atoms with Gasteiger partial charge in [-0.15, -0.1) is 0 Å². The van der Waals surface area contributed by atoms with Gasteiger partial charge in [0.15, 0.2) is 0 Å². The van der Waals surface area contributed by atoms with Crippen LogP contribution in [0.3, 0.4) is 0 Å². The number of benzene rings is 1. The second kappa shape index (κ2) is 6.73. The average molecular weight is 339 g/mol. The number of ether oxygens (including phenoxy) is 1. The van der Waals surface area contributed by atoms with Crippen LogP contribution in [0.15, 0.2) is 36.5 Å². The fourth-order valence-corrected chi connectivity index (χ4v) is 4.48. The van der Waals surface area contributed by atoms with Crippen LogP contribution >= 0.6 is 0 Å². The number of nitrogens with zero attached hydrogens (tertiary/aromatic N) is 3. The third-order valence-electron chi connectivity index (χ3n) is 5.83. The molecule has 0 N–H and O–H groups in total. The maximum Gasteiger partial charge on any atom is 0.254 e. The van der Waals surface area contributed by atoms with Crippen LogP contribution in [0.4, 0.5) is 0 Å². The Bertz CT molecular complexity index is 773. The van der Waals surface area contributed by atoms with Crippen LogP contribution in [0, 0.1) is 5.92 Å². The standard InChI is InChI=1S/C20H25N3O2/c1-3-22-12-16-18(13-22)23(11-9-19(16)25-2)20(24)15-8-10-21-17-7-5-4-6-14(15)17/h4-8,10,16,18-19H,3,9,11-13H2,1-2H3/t16-,18+,19+/m0/s1. The number of carbonyl (C=O) groups is 1. The normalized spacial score (nSPS) is 26.8. The first-order chi connectivity index (χ1) is 12.2. The molecule has 2 aliphatic rings. The summed E-state index contributed by atoms with van der Waals surface area (Å²) in [5.74, 6) is 0.525. The molecule has 1 amide bonds. The molecule has 0 unspecified atom stereocenters. The quantitative estimate of drug-likeness (QED) is 0.861. The zero-order valence-corrected chi connectivity index (χ0v) is 14.9. The molecule has 2 saturated heterocycles. The highest BCUT2D eigenvalue weighted by atomic mass is 16.5. The smallest absolute Gasteiger partial charge is 0.254 e. The van der Waals surface area contributed by atoms with Gasteiger partial charge in [-0.2, -0.15) is 0 Å². The molecule has 5 heteroatoms. The molecule has 0 bridgehead atoms. The van der Waals surface area contributed by atoms with Crippen molar-refractivity contribution in [3.05, 3.63) is 42.1 Å². The lowest BCUT2D eigenvalue weighted by atomic mass is 9.88. The van der Waals surface area contributed by atoms with Crippen molar-refractivity contribution in [1.82, 2.24) is 14.8 Å². The van der Waals surface area contributed by atoms with E-state index in [1.54, 1.807) is 13.3 Å². The van der Waals surface area contributed by atoms with Crippen molar-refractivity contribution in [3.8, 4) is 0 Å². The van der Waals surface area contributed by atoms with E-state index in [0.717, 1.165) is 49.1 Å². The number of fused-ring (bicyclic) bond motifs is 2. The zero-order chi connectivity index (χ0) is 17.4. The Morgan fingerprint density at radius 3 is 2.92 bits per heavy atom. The van der Waals surface area contributed by atoms with E-state index in [0.29, 0.717) is 5.92 Å². The lowest BCUT2D eigenvalue weighted by Gasteiger charge is -2.41. The molecular weight excluding hydrogens is 314 g/mol. The first-order valence-corrected chi connectivity index (χ1v) is 9.12. The van der Waals surface area contributed by atoms with E-state index >= 15 is 0 Å². The fraction of sp³-hybridized carbons (Fsp3) is 0.500. The van der Waals surface area contributed by atoms with Gasteiger partial charge in [0.2, 0.25) is 0 Å². The molecule has 5 nitrogen and oxygen atoms in total. The molecule has 25 heavy (non-hydrogen) atoms. The van der Waals surface area contributed by atoms with Crippen molar-refractivity contribution in [2.24, 2.45) is 5.92 Å². The highest BCUT2D eigenvalue weighted by molar-refractivity contribution is 6.06. The molecule has 3 atom stereocenters.